The van der Waals surface area contributed by atoms with Gasteiger partial charge in [-0.3, -0.25) is 14.6 Å². The van der Waals surface area contributed by atoms with Crippen LogP contribution in [0, 0.1) is 6.92 Å². The van der Waals surface area contributed by atoms with Gasteiger partial charge in [-0.25, -0.2) is 13.8 Å². The second kappa shape index (κ2) is 14.6. The molecule has 2 amide bonds. The number of benzene rings is 2. The number of phenolic OH excluding ortho intramolecular Hbond substituents is 1. The number of nitrogens with zero attached hydrogens (tertiary/aromatic N) is 3. The van der Waals surface area contributed by atoms with Crippen molar-refractivity contribution in [2.75, 3.05) is 11.9 Å². The molecule has 0 radical (unpaired) electrons. The minimum absolute atomic E-state index is 0.0830. The molecule has 4 aromatic rings. The van der Waals surface area contributed by atoms with Crippen molar-refractivity contribution >= 4 is 28.8 Å². The van der Waals surface area contributed by atoms with Crippen LogP contribution < -0.4 is 10.6 Å². The number of nitrogens with one attached hydrogen (secondary N) is 2. The van der Waals surface area contributed by atoms with E-state index < -0.39 is 12.3 Å². The van der Waals surface area contributed by atoms with Crippen molar-refractivity contribution in [3.63, 3.8) is 0 Å². The molecule has 0 aliphatic carbocycles. The first kappa shape index (κ1) is 34.0. The number of hydrogen-bond donors (Lipinski definition) is 3. The highest BCUT2D eigenvalue weighted by molar-refractivity contribution is 7.09. The number of carbonyl (C=O) groups is 2. The Hall–Kier alpha value is -4.38. The Labute approximate surface area is 278 Å². The summed E-state index contributed by atoms with van der Waals surface area (Å²) in [6.45, 7) is 6.93. The Morgan fingerprint density at radius 3 is 2.60 bits per heavy atom. The Balaban J connectivity index is 1.17. The standard InChI is InChI=1S/C36H41F2N5O3S/c1-22(7-8-24-9-10-30(32(44)15-24)40-19-26-14-29(20-39-18-26)36(3,4)38)41-33(45)27-12-25(17-37)13-28(16-27)35(46)43-11-5-6-31(43)34-42-23(2)21-47-34/h9-10,12-16,18,20-22,31,40,44H,5-8,11,17,19H2,1-4H3,(H,41,45)/t22-,31+/m0/s1. The third kappa shape index (κ3) is 8.51. The summed E-state index contributed by atoms with van der Waals surface area (Å²) in [7, 11) is 0. The molecular weight excluding hydrogens is 620 g/mol. The van der Waals surface area contributed by atoms with E-state index in [1.165, 1.54) is 43.5 Å². The molecule has 1 aliphatic heterocycles. The first-order valence-electron chi connectivity index (χ1n) is 15.8. The van der Waals surface area contributed by atoms with Crippen LogP contribution in [0.2, 0.25) is 0 Å². The summed E-state index contributed by atoms with van der Waals surface area (Å²) in [4.78, 5) is 37.3. The number of rotatable bonds is 12. The average Bonchev–Trinajstić information content (AvgIpc) is 3.71. The highest BCUT2D eigenvalue weighted by atomic mass is 32.1. The zero-order chi connectivity index (χ0) is 33.7. The van der Waals surface area contributed by atoms with Gasteiger partial charge in [0, 0.05) is 59.3 Å². The van der Waals surface area contributed by atoms with E-state index in [0.29, 0.717) is 37.2 Å². The molecule has 248 valence electrons. The maximum Gasteiger partial charge on any atom is 0.254 e. The molecule has 8 nitrogen and oxygen atoms in total. The number of pyridine rings is 1. The fourth-order valence-electron chi connectivity index (χ4n) is 5.73. The molecule has 1 fully saturated rings. The fourth-order valence-corrected chi connectivity index (χ4v) is 6.68. The van der Waals surface area contributed by atoms with Gasteiger partial charge in [-0.1, -0.05) is 6.07 Å². The van der Waals surface area contributed by atoms with Gasteiger partial charge in [0.2, 0.25) is 0 Å². The molecule has 0 saturated carbocycles. The second-order valence-corrected chi connectivity index (χ2v) is 13.6. The van der Waals surface area contributed by atoms with Gasteiger partial charge < -0.3 is 20.6 Å². The fraction of sp³-hybridized carbons (Fsp3) is 0.389. The van der Waals surface area contributed by atoms with Gasteiger partial charge >= 0.3 is 0 Å². The first-order chi connectivity index (χ1) is 22.4. The zero-order valence-corrected chi connectivity index (χ0v) is 28.0. The third-order valence-corrected chi connectivity index (χ3v) is 9.43. The van der Waals surface area contributed by atoms with Crippen molar-refractivity contribution in [1.29, 1.82) is 0 Å². The van der Waals surface area contributed by atoms with Crippen molar-refractivity contribution in [3.8, 4) is 5.75 Å². The van der Waals surface area contributed by atoms with Crippen molar-refractivity contribution < 1.29 is 23.5 Å². The number of aromatic nitrogens is 2. The molecular formula is C36H41F2N5O3S. The van der Waals surface area contributed by atoms with Crippen molar-refractivity contribution in [3.05, 3.63) is 104 Å². The van der Waals surface area contributed by atoms with Gasteiger partial charge in [-0.2, -0.15) is 0 Å². The second-order valence-electron chi connectivity index (χ2n) is 12.7. The Morgan fingerprint density at radius 2 is 1.89 bits per heavy atom. The quantitative estimate of drug-likeness (QED) is 0.135. The Morgan fingerprint density at radius 1 is 1.11 bits per heavy atom. The summed E-state index contributed by atoms with van der Waals surface area (Å²) < 4.78 is 28.1. The molecule has 3 N–H and O–H groups in total. The number of alkyl halides is 2. The number of aryl methyl sites for hydroxylation is 2. The SMILES string of the molecule is Cc1csc([C@H]2CCCN2C(=O)c2cc(CF)cc(C(=O)N[C@@H](C)CCc3ccc(NCc4cncc(C(C)(C)F)c4)c(O)c3)c2)n1. The normalized spacial score (nSPS) is 15.4. The lowest BCUT2D eigenvalue weighted by Crippen LogP contribution is -2.34. The zero-order valence-electron chi connectivity index (χ0n) is 27.1. The molecule has 1 saturated heterocycles. The predicted molar refractivity (Wildman–Crippen MR) is 180 cm³/mol. The number of thiazole rings is 1. The predicted octanol–water partition coefficient (Wildman–Crippen LogP) is 7.57. The number of likely N-dealkylation sites (tertiary alicyclic amines) is 1. The molecule has 2 atom stereocenters. The van der Waals surface area contributed by atoms with E-state index in [2.05, 4.69) is 20.6 Å². The van der Waals surface area contributed by atoms with Crippen LogP contribution in [0.1, 0.15) is 99.7 Å². The number of hydrogen-bond acceptors (Lipinski definition) is 7. The summed E-state index contributed by atoms with van der Waals surface area (Å²) in [5.41, 5.74) is 2.92. The molecule has 2 aromatic heterocycles. The van der Waals surface area contributed by atoms with E-state index in [1.54, 1.807) is 35.4 Å². The minimum Gasteiger partial charge on any atom is -0.506 e. The molecule has 47 heavy (non-hydrogen) atoms. The van der Waals surface area contributed by atoms with Crippen LogP contribution in [0.4, 0.5) is 14.5 Å². The maximum absolute atomic E-state index is 14.3. The van der Waals surface area contributed by atoms with Gasteiger partial charge in [0.05, 0.1) is 11.7 Å². The molecule has 0 bridgehead atoms. The lowest BCUT2D eigenvalue weighted by molar-refractivity contribution is 0.0735. The lowest BCUT2D eigenvalue weighted by atomic mass is 10.0. The molecule has 3 heterocycles. The number of phenols is 1. The van der Waals surface area contributed by atoms with Gasteiger partial charge in [0.25, 0.3) is 11.8 Å². The van der Waals surface area contributed by atoms with Crippen LogP contribution >= 0.6 is 11.3 Å². The van der Waals surface area contributed by atoms with E-state index in [0.717, 1.165) is 34.7 Å². The third-order valence-electron chi connectivity index (χ3n) is 8.36. The van der Waals surface area contributed by atoms with Gasteiger partial charge in [-0.15, -0.1) is 11.3 Å². The topological polar surface area (TPSA) is 107 Å². The molecule has 1 aliphatic rings. The minimum atomic E-state index is -1.50. The maximum atomic E-state index is 14.3. The van der Waals surface area contributed by atoms with Crippen molar-refractivity contribution in [2.45, 2.75) is 84.4 Å². The van der Waals surface area contributed by atoms with Crippen LogP contribution in [0.3, 0.4) is 0 Å². The van der Waals surface area contributed by atoms with E-state index in [4.69, 9.17) is 0 Å². The largest absolute Gasteiger partial charge is 0.506 e. The molecule has 5 rings (SSSR count). The van der Waals surface area contributed by atoms with Gasteiger partial charge in [0.1, 0.15) is 23.1 Å². The van der Waals surface area contributed by atoms with Gasteiger partial charge in [-0.05, 0) is 106 Å². The number of amides is 2. The van der Waals surface area contributed by atoms with E-state index in [1.807, 2.05) is 25.3 Å². The summed E-state index contributed by atoms with van der Waals surface area (Å²) in [6.07, 6.45) is 6.01. The Kier molecular flexibility index (Phi) is 10.5. The number of carbonyl (C=O) groups excluding carboxylic acids is 2. The van der Waals surface area contributed by atoms with Crippen molar-refractivity contribution in [1.82, 2.24) is 20.2 Å². The number of aromatic hydroxyl groups is 1. The van der Waals surface area contributed by atoms with Crippen LogP contribution in [-0.4, -0.2) is 44.4 Å². The van der Waals surface area contributed by atoms with Crippen LogP contribution in [0.25, 0.3) is 0 Å². The number of anilines is 1. The van der Waals surface area contributed by atoms with Crippen LogP contribution in [0.15, 0.2) is 60.2 Å². The van der Waals surface area contributed by atoms with E-state index in [9.17, 15) is 23.5 Å². The molecule has 0 unspecified atom stereocenters. The molecule has 11 heteroatoms. The molecule has 2 aromatic carbocycles. The monoisotopic (exact) mass is 661 g/mol. The number of halogens is 2. The average molecular weight is 662 g/mol. The van der Waals surface area contributed by atoms with E-state index >= 15 is 0 Å². The highest BCUT2D eigenvalue weighted by Gasteiger charge is 2.33. The van der Waals surface area contributed by atoms with Gasteiger partial charge in [0.15, 0.2) is 0 Å². The lowest BCUT2D eigenvalue weighted by Gasteiger charge is -2.24. The summed E-state index contributed by atoms with van der Waals surface area (Å²) in [5.74, 6) is -0.531. The smallest absolute Gasteiger partial charge is 0.254 e. The van der Waals surface area contributed by atoms with E-state index in [-0.39, 0.29) is 46.3 Å². The van der Waals surface area contributed by atoms with Crippen LogP contribution in [0.5, 0.6) is 5.75 Å². The van der Waals surface area contributed by atoms with Crippen molar-refractivity contribution in [2.24, 2.45) is 0 Å². The summed E-state index contributed by atoms with van der Waals surface area (Å²) in [6, 6.07) is 11.3. The molecule has 0 spiro atoms. The summed E-state index contributed by atoms with van der Waals surface area (Å²) >= 11 is 1.53. The van der Waals surface area contributed by atoms with Crippen LogP contribution in [-0.2, 0) is 25.3 Å². The summed E-state index contributed by atoms with van der Waals surface area (Å²) in [5, 5.41) is 19.6. The first-order valence-corrected chi connectivity index (χ1v) is 16.7. The Bertz CT molecular complexity index is 1740. The highest BCUT2D eigenvalue weighted by Crippen LogP contribution is 2.35.